The summed E-state index contributed by atoms with van der Waals surface area (Å²) in [5, 5.41) is 11.9. The van der Waals surface area contributed by atoms with Crippen LogP contribution < -0.4 is 5.32 Å². The van der Waals surface area contributed by atoms with E-state index in [4.69, 9.17) is 11.6 Å². The molecule has 5 nitrogen and oxygen atoms in total. The third kappa shape index (κ3) is 2.66. The maximum atomic E-state index is 11.2. The number of hydrogen-bond acceptors (Lipinski definition) is 3. The first-order valence-electron chi connectivity index (χ1n) is 4.16. The largest absolute Gasteiger partial charge is 0.358 e. The van der Waals surface area contributed by atoms with Gasteiger partial charge in [-0.05, 0) is 5.56 Å². The first-order chi connectivity index (χ1) is 7.06. The lowest BCUT2D eigenvalue weighted by atomic mass is 10.1. The van der Waals surface area contributed by atoms with Gasteiger partial charge in [-0.15, -0.1) is 11.6 Å². The number of nitrogens with zero attached hydrogens (tertiary/aromatic N) is 1. The molecule has 0 saturated carbocycles. The van der Waals surface area contributed by atoms with E-state index in [2.05, 4.69) is 5.32 Å². The van der Waals surface area contributed by atoms with E-state index in [9.17, 15) is 14.9 Å². The van der Waals surface area contributed by atoms with Gasteiger partial charge in [0.2, 0.25) is 5.91 Å². The summed E-state index contributed by atoms with van der Waals surface area (Å²) in [5.74, 6) is -0.342. The van der Waals surface area contributed by atoms with E-state index in [-0.39, 0.29) is 11.6 Å². The van der Waals surface area contributed by atoms with Crippen LogP contribution in [-0.2, 0) is 4.79 Å². The second kappa shape index (κ2) is 4.75. The molecule has 6 heteroatoms. The van der Waals surface area contributed by atoms with Gasteiger partial charge < -0.3 is 5.32 Å². The molecule has 0 aliphatic carbocycles. The Morgan fingerprint density at radius 1 is 1.47 bits per heavy atom. The Labute approximate surface area is 91.2 Å². The van der Waals surface area contributed by atoms with Crippen LogP contribution in [-0.4, -0.2) is 17.9 Å². The van der Waals surface area contributed by atoms with E-state index in [1.807, 2.05) is 0 Å². The van der Waals surface area contributed by atoms with Crippen molar-refractivity contribution < 1.29 is 9.72 Å². The molecular weight excluding hydrogens is 220 g/mol. The minimum atomic E-state index is -0.823. The van der Waals surface area contributed by atoms with Gasteiger partial charge in [-0.3, -0.25) is 14.9 Å². The molecule has 1 rings (SSSR count). The molecule has 80 valence electrons. The number of carbonyl (C=O) groups excluding carboxylic acids is 1. The maximum absolute atomic E-state index is 11.2. The van der Waals surface area contributed by atoms with Crippen LogP contribution in [0.5, 0.6) is 0 Å². The summed E-state index contributed by atoms with van der Waals surface area (Å²) in [5.41, 5.74) is 0.501. The lowest BCUT2D eigenvalue weighted by Crippen LogP contribution is -2.22. The van der Waals surface area contributed by atoms with Crippen molar-refractivity contribution in [1.82, 2.24) is 5.32 Å². The van der Waals surface area contributed by atoms with Crippen LogP contribution in [0, 0.1) is 10.1 Å². The number of alkyl halides is 1. The molecule has 0 aromatic heterocycles. The van der Waals surface area contributed by atoms with Crippen LogP contribution in [0.4, 0.5) is 5.69 Å². The number of rotatable bonds is 3. The number of non-ortho nitro benzene ring substituents is 1. The molecule has 1 aromatic rings. The van der Waals surface area contributed by atoms with Crippen molar-refractivity contribution in [3.63, 3.8) is 0 Å². The Morgan fingerprint density at radius 3 is 2.40 bits per heavy atom. The smallest absolute Gasteiger partial charge is 0.269 e. The normalized spacial score (nSPS) is 11.9. The standard InChI is InChI=1S/C9H9ClN2O3/c1-11-9(13)8(10)6-2-4-7(5-3-6)12(14)15/h2-5,8H,1H3,(H,11,13). The number of likely N-dealkylation sites (N-methyl/N-ethyl adjacent to an activating group) is 1. The molecule has 0 saturated heterocycles. The Balaban J connectivity index is 2.89. The van der Waals surface area contributed by atoms with Gasteiger partial charge in [-0.25, -0.2) is 0 Å². The first-order valence-corrected chi connectivity index (χ1v) is 4.60. The SMILES string of the molecule is CNC(=O)C(Cl)c1ccc([N+](=O)[O-])cc1. The maximum Gasteiger partial charge on any atom is 0.269 e. The van der Waals surface area contributed by atoms with Gasteiger partial charge in [0.25, 0.3) is 5.69 Å². The molecule has 1 aromatic carbocycles. The van der Waals surface area contributed by atoms with Gasteiger partial charge in [0.15, 0.2) is 0 Å². The highest BCUT2D eigenvalue weighted by atomic mass is 35.5. The van der Waals surface area contributed by atoms with Crippen LogP contribution >= 0.6 is 11.6 Å². The summed E-state index contributed by atoms with van der Waals surface area (Å²) in [7, 11) is 1.48. The summed E-state index contributed by atoms with van der Waals surface area (Å²) in [4.78, 5) is 21.0. The summed E-state index contributed by atoms with van der Waals surface area (Å²) >= 11 is 5.81. The molecule has 0 heterocycles. The van der Waals surface area contributed by atoms with Crippen molar-refractivity contribution >= 4 is 23.2 Å². The number of benzene rings is 1. The van der Waals surface area contributed by atoms with Crippen LogP contribution in [0.15, 0.2) is 24.3 Å². The number of amides is 1. The molecule has 1 amide bonds. The second-order valence-electron chi connectivity index (χ2n) is 2.83. The van der Waals surface area contributed by atoms with Gasteiger partial charge in [-0.2, -0.15) is 0 Å². The lowest BCUT2D eigenvalue weighted by molar-refractivity contribution is -0.384. The quantitative estimate of drug-likeness (QED) is 0.485. The van der Waals surface area contributed by atoms with Gasteiger partial charge in [0.05, 0.1) is 4.92 Å². The van der Waals surface area contributed by atoms with Gasteiger partial charge >= 0.3 is 0 Å². The molecule has 0 bridgehead atoms. The molecule has 1 atom stereocenters. The molecule has 0 radical (unpaired) electrons. The molecule has 1 N–H and O–H groups in total. The third-order valence-electron chi connectivity index (χ3n) is 1.87. The fourth-order valence-electron chi connectivity index (χ4n) is 1.04. The van der Waals surface area contributed by atoms with E-state index < -0.39 is 10.3 Å². The number of hydrogen-bond donors (Lipinski definition) is 1. The number of carbonyl (C=O) groups is 1. The Morgan fingerprint density at radius 2 is 2.00 bits per heavy atom. The van der Waals surface area contributed by atoms with Gasteiger partial charge in [0.1, 0.15) is 5.38 Å². The van der Waals surface area contributed by atoms with E-state index in [1.165, 1.54) is 31.3 Å². The minimum Gasteiger partial charge on any atom is -0.358 e. The number of halogens is 1. The van der Waals surface area contributed by atoms with Crippen LogP contribution in [0.3, 0.4) is 0 Å². The molecule has 15 heavy (non-hydrogen) atoms. The number of nitro benzene ring substituents is 1. The van der Waals surface area contributed by atoms with Crippen molar-refractivity contribution in [3.05, 3.63) is 39.9 Å². The van der Waals surface area contributed by atoms with Crippen molar-refractivity contribution in [1.29, 1.82) is 0 Å². The van der Waals surface area contributed by atoms with Gasteiger partial charge in [0, 0.05) is 19.2 Å². The average molecular weight is 229 g/mol. The summed E-state index contributed by atoms with van der Waals surface area (Å²) in [6.45, 7) is 0. The predicted octanol–water partition coefficient (Wildman–Crippen LogP) is 1.62. The van der Waals surface area contributed by atoms with E-state index in [0.29, 0.717) is 5.56 Å². The van der Waals surface area contributed by atoms with Crippen molar-refractivity contribution in [2.75, 3.05) is 7.05 Å². The number of nitrogens with one attached hydrogen (secondary N) is 1. The predicted molar refractivity (Wildman–Crippen MR) is 55.8 cm³/mol. The van der Waals surface area contributed by atoms with Crippen molar-refractivity contribution in [3.8, 4) is 0 Å². The Bertz CT molecular complexity index is 377. The molecule has 0 spiro atoms. The average Bonchev–Trinajstić information content (AvgIpc) is 2.27. The minimum absolute atomic E-state index is 0.0282. The third-order valence-corrected chi connectivity index (χ3v) is 2.32. The zero-order valence-corrected chi connectivity index (χ0v) is 8.69. The zero-order chi connectivity index (χ0) is 11.4. The van der Waals surface area contributed by atoms with Gasteiger partial charge in [-0.1, -0.05) is 12.1 Å². The van der Waals surface area contributed by atoms with Crippen molar-refractivity contribution in [2.24, 2.45) is 0 Å². The van der Waals surface area contributed by atoms with Crippen molar-refractivity contribution in [2.45, 2.75) is 5.38 Å². The summed E-state index contributed by atoms with van der Waals surface area (Å²) in [6.07, 6.45) is 0. The molecular formula is C9H9ClN2O3. The highest BCUT2D eigenvalue weighted by Gasteiger charge is 2.16. The summed E-state index contributed by atoms with van der Waals surface area (Å²) in [6, 6.07) is 5.55. The van der Waals surface area contributed by atoms with E-state index in [1.54, 1.807) is 0 Å². The summed E-state index contributed by atoms with van der Waals surface area (Å²) < 4.78 is 0. The lowest BCUT2D eigenvalue weighted by Gasteiger charge is -2.07. The molecule has 1 unspecified atom stereocenters. The highest BCUT2D eigenvalue weighted by molar-refractivity contribution is 6.30. The fourth-order valence-corrected chi connectivity index (χ4v) is 1.30. The Hall–Kier alpha value is -1.62. The monoisotopic (exact) mass is 228 g/mol. The highest BCUT2D eigenvalue weighted by Crippen LogP contribution is 2.22. The van der Waals surface area contributed by atoms with E-state index in [0.717, 1.165) is 0 Å². The molecule has 0 fully saturated rings. The van der Waals surface area contributed by atoms with E-state index >= 15 is 0 Å². The Kier molecular flexibility index (Phi) is 3.62. The second-order valence-corrected chi connectivity index (χ2v) is 3.26. The topological polar surface area (TPSA) is 72.2 Å². The van der Waals surface area contributed by atoms with Crippen LogP contribution in [0.2, 0.25) is 0 Å². The first kappa shape index (κ1) is 11.5. The molecule has 0 aliphatic rings. The van der Waals surface area contributed by atoms with Crippen LogP contribution in [0.25, 0.3) is 0 Å². The fraction of sp³-hybridized carbons (Fsp3) is 0.222. The zero-order valence-electron chi connectivity index (χ0n) is 7.94. The van der Waals surface area contributed by atoms with Crippen LogP contribution in [0.1, 0.15) is 10.9 Å². The number of nitro groups is 1. The molecule has 0 aliphatic heterocycles.